The molecule has 0 aliphatic heterocycles. The first-order valence-corrected chi connectivity index (χ1v) is 7.51. The second-order valence-corrected chi connectivity index (χ2v) is 5.74. The summed E-state index contributed by atoms with van der Waals surface area (Å²) in [5, 5.41) is 0. The molecule has 0 radical (unpaired) electrons. The highest BCUT2D eigenvalue weighted by atomic mass is 19.1. The molecule has 0 aliphatic rings. The van der Waals surface area contributed by atoms with Gasteiger partial charge in [0, 0.05) is 25.2 Å². The molecule has 0 atom stereocenters. The van der Waals surface area contributed by atoms with Gasteiger partial charge in [0.15, 0.2) is 0 Å². The van der Waals surface area contributed by atoms with E-state index in [4.69, 9.17) is 0 Å². The van der Waals surface area contributed by atoms with Crippen molar-refractivity contribution in [1.29, 1.82) is 0 Å². The lowest BCUT2D eigenvalue weighted by Crippen LogP contribution is -2.19. The molecule has 0 aliphatic carbocycles. The first-order valence-electron chi connectivity index (χ1n) is 7.51. The van der Waals surface area contributed by atoms with E-state index in [0.29, 0.717) is 0 Å². The van der Waals surface area contributed by atoms with E-state index in [1.807, 2.05) is 18.2 Å². The van der Waals surface area contributed by atoms with Crippen LogP contribution in [-0.2, 0) is 14.1 Å². The van der Waals surface area contributed by atoms with Gasteiger partial charge in [-0.3, -0.25) is 9.13 Å². The van der Waals surface area contributed by atoms with Crippen molar-refractivity contribution in [2.45, 2.75) is 0 Å². The summed E-state index contributed by atoms with van der Waals surface area (Å²) >= 11 is 0. The van der Waals surface area contributed by atoms with Crippen LogP contribution in [0.4, 0.5) is 4.39 Å². The highest BCUT2D eigenvalue weighted by molar-refractivity contribution is 5.86. The predicted molar refractivity (Wildman–Crippen MR) is 91.1 cm³/mol. The van der Waals surface area contributed by atoms with Crippen molar-refractivity contribution in [3.8, 4) is 22.5 Å². The fourth-order valence-corrected chi connectivity index (χ4v) is 3.00. The molecular formula is C18H15FN4O. The van der Waals surface area contributed by atoms with E-state index < -0.39 is 0 Å². The summed E-state index contributed by atoms with van der Waals surface area (Å²) in [4.78, 5) is 19.6. The molecular weight excluding hydrogens is 307 g/mol. The summed E-state index contributed by atoms with van der Waals surface area (Å²) in [7, 11) is 3.51. The quantitative estimate of drug-likeness (QED) is 0.616. The number of H-pyrrole nitrogens is 1. The summed E-state index contributed by atoms with van der Waals surface area (Å²) in [5.41, 5.74) is 4.98. The van der Waals surface area contributed by atoms with Gasteiger partial charge < -0.3 is 4.98 Å². The molecule has 4 rings (SSSR count). The summed E-state index contributed by atoms with van der Waals surface area (Å²) < 4.78 is 16.4. The van der Waals surface area contributed by atoms with Crippen LogP contribution in [0, 0.1) is 5.82 Å². The van der Waals surface area contributed by atoms with Crippen molar-refractivity contribution in [2.24, 2.45) is 14.1 Å². The number of halogens is 1. The number of benzene rings is 2. The number of nitrogens with zero attached hydrogens (tertiary/aromatic N) is 3. The van der Waals surface area contributed by atoms with Gasteiger partial charge in [0.05, 0.1) is 28.7 Å². The summed E-state index contributed by atoms with van der Waals surface area (Å²) in [6.07, 6.45) is 1.61. The van der Waals surface area contributed by atoms with Gasteiger partial charge in [-0.1, -0.05) is 6.07 Å². The van der Waals surface area contributed by atoms with Crippen molar-refractivity contribution >= 4 is 11.0 Å². The largest absolute Gasteiger partial charge is 0.344 e. The number of hydrogen-bond donors (Lipinski definition) is 1. The van der Waals surface area contributed by atoms with E-state index in [1.165, 1.54) is 12.1 Å². The second-order valence-electron chi connectivity index (χ2n) is 5.74. The van der Waals surface area contributed by atoms with E-state index in [0.717, 1.165) is 33.5 Å². The topological polar surface area (TPSA) is 55.6 Å². The molecule has 0 fully saturated rings. The van der Waals surface area contributed by atoms with Gasteiger partial charge in [0.25, 0.3) is 0 Å². The number of rotatable bonds is 2. The van der Waals surface area contributed by atoms with E-state index in [2.05, 4.69) is 9.97 Å². The van der Waals surface area contributed by atoms with Crippen molar-refractivity contribution in [2.75, 3.05) is 0 Å². The molecule has 120 valence electrons. The number of imidazole rings is 2. The van der Waals surface area contributed by atoms with Crippen LogP contribution in [0.5, 0.6) is 0 Å². The van der Waals surface area contributed by atoms with E-state index >= 15 is 0 Å². The zero-order valence-corrected chi connectivity index (χ0v) is 13.2. The minimum atomic E-state index is -0.281. The molecule has 4 aromatic rings. The Labute approximate surface area is 137 Å². The normalized spacial score (nSPS) is 11.3. The molecule has 0 bridgehead atoms. The van der Waals surface area contributed by atoms with Crippen LogP contribution in [0.15, 0.2) is 53.6 Å². The predicted octanol–water partition coefficient (Wildman–Crippen LogP) is 3.07. The Balaban J connectivity index is 1.90. The smallest absolute Gasteiger partial charge is 0.328 e. The summed E-state index contributed by atoms with van der Waals surface area (Å²) in [5.74, 6) is -0.281. The Kier molecular flexibility index (Phi) is 3.13. The maximum absolute atomic E-state index is 13.1. The van der Waals surface area contributed by atoms with Gasteiger partial charge >= 0.3 is 5.69 Å². The molecule has 2 aromatic carbocycles. The average Bonchev–Trinajstić information content (AvgIpc) is 3.16. The van der Waals surface area contributed by atoms with E-state index in [9.17, 15) is 9.18 Å². The SMILES string of the molecule is Cn1c(=O)n(C)c2cc(-c3[nH]cnc3-c3ccc(F)cc3)ccc21. The van der Waals surface area contributed by atoms with Crippen molar-refractivity contribution in [3.63, 3.8) is 0 Å². The first kappa shape index (κ1) is 14.4. The fraction of sp³-hybridized carbons (Fsp3) is 0.111. The molecule has 5 nitrogen and oxygen atoms in total. The van der Waals surface area contributed by atoms with Gasteiger partial charge in [0.1, 0.15) is 5.82 Å². The summed E-state index contributed by atoms with van der Waals surface area (Å²) in [6, 6.07) is 12.0. The molecule has 0 spiro atoms. The minimum absolute atomic E-state index is 0.0643. The number of nitrogens with one attached hydrogen (secondary N) is 1. The van der Waals surface area contributed by atoms with Crippen LogP contribution < -0.4 is 5.69 Å². The molecule has 0 saturated carbocycles. The molecule has 6 heteroatoms. The highest BCUT2D eigenvalue weighted by Crippen LogP contribution is 2.30. The van der Waals surface area contributed by atoms with Crippen molar-refractivity contribution < 1.29 is 4.39 Å². The Morgan fingerprint density at radius 1 is 0.958 bits per heavy atom. The monoisotopic (exact) mass is 322 g/mol. The molecule has 2 heterocycles. The van der Waals surface area contributed by atoms with Crippen molar-refractivity contribution in [3.05, 3.63) is 65.1 Å². The fourth-order valence-electron chi connectivity index (χ4n) is 3.00. The summed E-state index contributed by atoms with van der Waals surface area (Å²) in [6.45, 7) is 0. The van der Waals surface area contributed by atoms with E-state index in [1.54, 1.807) is 41.7 Å². The second kappa shape index (κ2) is 5.19. The van der Waals surface area contributed by atoms with Gasteiger partial charge in [0.2, 0.25) is 0 Å². The zero-order valence-electron chi connectivity index (χ0n) is 13.2. The molecule has 2 aromatic heterocycles. The first-order chi connectivity index (χ1) is 11.6. The van der Waals surface area contributed by atoms with Gasteiger partial charge in [-0.2, -0.15) is 0 Å². The molecule has 1 N–H and O–H groups in total. The van der Waals surface area contributed by atoms with Crippen LogP contribution in [0.2, 0.25) is 0 Å². The lowest BCUT2D eigenvalue weighted by atomic mass is 10.0. The average molecular weight is 322 g/mol. The highest BCUT2D eigenvalue weighted by Gasteiger charge is 2.14. The molecule has 0 unspecified atom stereocenters. The van der Waals surface area contributed by atoms with Gasteiger partial charge in [-0.25, -0.2) is 14.2 Å². The molecule has 0 amide bonds. The third-order valence-electron chi connectivity index (χ3n) is 4.32. The van der Waals surface area contributed by atoms with Crippen molar-refractivity contribution in [1.82, 2.24) is 19.1 Å². The Morgan fingerprint density at radius 3 is 2.38 bits per heavy atom. The lowest BCUT2D eigenvalue weighted by Gasteiger charge is -2.05. The third-order valence-corrected chi connectivity index (χ3v) is 4.32. The Morgan fingerprint density at radius 2 is 1.62 bits per heavy atom. The van der Waals surface area contributed by atoms with Crippen LogP contribution in [-0.4, -0.2) is 19.1 Å². The maximum atomic E-state index is 13.1. The van der Waals surface area contributed by atoms with Crippen LogP contribution in [0.3, 0.4) is 0 Å². The van der Waals surface area contributed by atoms with E-state index in [-0.39, 0.29) is 11.5 Å². The Bertz CT molecular complexity index is 1100. The van der Waals surface area contributed by atoms with Gasteiger partial charge in [-0.05, 0) is 36.4 Å². The maximum Gasteiger partial charge on any atom is 0.328 e. The number of aromatic amines is 1. The Hall–Kier alpha value is -3.15. The number of fused-ring (bicyclic) bond motifs is 1. The van der Waals surface area contributed by atoms with Gasteiger partial charge in [-0.15, -0.1) is 0 Å². The molecule has 0 saturated heterocycles. The van der Waals surface area contributed by atoms with Crippen LogP contribution in [0.25, 0.3) is 33.5 Å². The standard InChI is InChI=1S/C18H15FN4O/c1-22-14-8-5-12(9-15(14)23(2)18(22)24)17-16(20-10-21-17)11-3-6-13(19)7-4-11/h3-10H,1-2H3,(H,20,21). The number of hydrogen-bond acceptors (Lipinski definition) is 2. The third kappa shape index (κ3) is 2.07. The zero-order chi connectivity index (χ0) is 16.8. The molecule has 24 heavy (non-hydrogen) atoms. The number of aryl methyl sites for hydroxylation is 2. The van der Waals surface area contributed by atoms with Crippen LogP contribution >= 0.6 is 0 Å². The lowest BCUT2D eigenvalue weighted by molar-refractivity contribution is 0.628. The number of aromatic nitrogens is 4. The van der Waals surface area contributed by atoms with Crippen LogP contribution in [0.1, 0.15) is 0 Å². The minimum Gasteiger partial charge on any atom is -0.344 e.